The Hall–Kier alpha value is -1.32. The van der Waals surface area contributed by atoms with E-state index in [1.807, 2.05) is 19.9 Å². The van der Waals surface area contributed by atoms with E-state index in [0.29, 0.717) is 6.42 Å². The number of hydrogen-bond donors (Lipinski definition) is 1. The van der Waals surface area contributed by atoms with Gasteiger partial charge in [0, 0.05) is 6.20 Å². The van der Waals surface area contributed by atoms with Crippen LogP contribution < -0.4 is 0 Å². The Bertz CT molecular complexity index is 294. The van der Waals surface area contributed by atoms with Gasteiger partial charge in [0.2, 0.25) is 0 Å². The lowest BCUT2D eigenvalue weighted by atomic mass is 10.2. The van der Waals surface area contributed by atoms with Crippen LogP contribution in [0.2, 0.25) is 0 Å². The molecule has 0 amide bonds. The first-order valence-corrected chi connectivity index (χ1v) is 4.39. The summed E-state index contributed by atoms with van der Waals surface area (Å²) in [5, 5.41) is 13.0. The molecule has 0 saturated carbocycles. The minimum atomic E-state index is -0.815. The molecule has 1 N–H and O–H groups in total. The van der Waals surface area contributed by atoms with Gasteiger partial charge in [-0.2, -0.15) is 5.10 Å². The molecular weight excluding hydrogens is 168 g/mol. The van der Waals surface area contributed by atoms with E-state index in [0.717, 1.165) is 12.1 Å². The van der Waals surface area contributed by atoms with E-state index in [2.05, 4.69) is 5.10 Å². The fourth-order valence-corrected chi connectivity index (χ4v) is 1.25. The number of carboxylic acid groups (broad SMARTS) is 1. The Kier molecular flexibility index (Phi) is 3.06. The zero-order chi connectivity index (χ0) is 9.84. The number of aliphatic carboxylic acids is 1. The van der Waals surface area contributed by atoms with Gasteiger partial charge in [0.25, 0.3) is 0 Å². The number of aromatic nitrogens is 2. The Morgan fingerprint density at radius 2 is 2.46 bits per heavy atom. The molecule has 0 aromatic carbocycles. The monoisotopic (exact) mass is 182 g/mol. The van der Waals surface area contributed by atoms with Crippen LogP contribution in [0, 0.1) is 6.92 Å². The van der Waals surface area contributed by atoms with Crippen LogP contribution in [0.4, 0.5) is 0 Å². The topological polar surface area (TPSA) is 55.1 Å². The smallest absolute Gasteiger partial charge is 0.328 e. The summed E-state index contributed by atoms with van der Waals surface area (Å²) in [5.74, 6) is -0.815. The van der Waals surface area contributed by atoms with Gasteiger partial charge >= 0.3 is 5.97 Å². The van der Waals surface area contributed by atoms with Crippen LogP contribution in [0.25, 0.3) is 0 Å². The summed E-state index contributed by atoms with van der Waals surface area (Å²) in [4.78, 5) is 10.8. The molecule has 1 aromatic rings. The highest BCUT2D eigenvalue weighted by atomic mass is 16.4. The molecule has 0 radical (unpaired) electrons. The standard InChI is InChI=1S/C9H14N2O2/c1-3-4-8(9(12)13)11-6-5-7(2)10-11/h5-6,8H,3-4H2,1-2H3,(H,12,13). The number of carboxylic acids is 1. The molecule has 0 spiro atoms. The van der Waals surface area contributed by atoms with Crippen molar-refractivity contribution >= 4 is 5.97 Å². The summed E-state index contributed by atoms with van der Waals surface area (Å²) in [5.41, 5.74) is 0.849. The van der Waals surface area contributed by atoms with E-state index >= 15 is 0 Å². The highest BCUT2D eigenvalue weighted by molar-refractivity contribution is 5.71. The number of aryl methyl sites for hydroxylation is 1. The van der Waals surface area contributed by atoms with Gasteiger partial charge in [0.1, 0.15) is 6.04 Å². The van der Waals surface area contributed by atoms with Crippen molar-refractivity contribution < 1.29 is 9.90 Å². The van der Waals surface area contributed by atoms with Gasteiger partial charge < -0.3 is 5.11 Å². The Balaban J connectivity index is 2.81. The highest BCUT2D eigenvalue weighted by Gasteiger charge is 2.18. The van der Waals surface area contributed by atoms with Crippen LogP contribution >= 0.6 is 0 Å². The lowest BCUT2D eigenvalue weighted by molar-refractivity contribution is -0.141. The molecule has 4 nitrogen and oxygen atoms in total. The van der Waals surface area contributed by atoms with E-state index in [1.165, 1.54) is 4.68 Å². The fraction of sp³-hybridized carbons (Fsp3) is 0.556. The molecule has 0 saturated heterocycles. The summed E-state index contributed by atoms with van der Waals surface area (Å²) < 4.78 is 1.52. The zero-order valence-electron chi connectivity index (χ0n) is 7.90. The van der Waals surface area contributed by atoms with Crippen LogP contribution in [-0.2, 0) is 4.79 Å². The van der Waals surface area contributed by atoms with Crippen molar-refractivity contribution in [1.29, 1.82) is 0 Å². The van der Waals surface area contributed by atoms with Crippen molar-refractivity contribution in [3.05, 3.63) is 18.0 Å². The predicted octanol–water partition coefficient (Wildman–Crippen LogP) is 1.62. The molecule has 13 heavy (non-hydrogen) atoms. The van der Waals surface area contributed by atoms with Gasteiger partial charge in [-0.3, -0.25) is 4.68 Å². The second kappa shape index (κ2) is 4.07. The maximum atomic E-state index is 10.8. The molecule has 4 heteroatoms. The number of hydrogen-bond acceptors (Lipinski definition) is 2. The maximum absolute atomic E-state index is 10.8. The third-order valence-electron chi connectivity index (χ3n) is 1.91. The normalized spacial score (nSPS) is 12.8. The van der Waals surface area contributed by atoms with Crippen molar-refractivity contribution in [3.63, 3.8) is 0 Å². The van der Waals surface area contributed by atoms with E-state index in [4.69, 9.17) is 5.11 Å². The average Bonchev–Trinajstić information content (AvgIpc) is 2.46. The number of carbonyl (C=O) groups is 1. The lowest BCUT2D eigenvalue weighted by Crippen LogP contribution is -2.19. The minimum Gasteiger partial charge on any atom is -0.480 e. The molecule has 1 rings (SSSR count). The van der Waals surface area contributed by atoms with Gasteiger partial charge in [-0.15, -0.1) is 0 Å². The molecule has 1 atom stereocenters. The summed E-state index contributed by atoms with van der Waals surface area (Å²) in [7, 11) is 0. The second-order valence-electron chi connectivity index (χ2n) is 3.08. The van der Waals surface area contributed by atoms with E-state index in [-0.39, 0.29) is 0 Å². The summed E-state index contributed by atoms with van der Waals surface area (Å²) >= 11 is 0. The number of nitrogens with zero attached hydrogens (tertiary/aromatic N) is 2. The first kappa shape index (κ1) is 9.77. The quantitative estimate of drug-likeness (QED) is 0.769. The third-order valence-corrected chi connectivity index (χ3v) is 1.91. The van der Waals surface area contributed by atoms with Crippen LogP contribution in [0.1, 0.15) is 31.5 Å². The van der Waals surface area contributed by atoms with E-state index < -0.39 is 12.0 Å². The van der Waals surface area contributed by atoms with Gasteiger partial charge in [-0.1, -0.05) is 13.3 Å². The predicted molar refractivity (Wildman–Crippen MR) is 48.5 cm³/mol. The van der Waals surface area contributed by atoms with Crippen molar-refractivity contribution in [3.8, 4) is 0 Å². The van der Waals surface area contributed by atoms with Gasteiger partial charge in [-0.25, -0.2) is 4.79 Å². The molecule has 0 aliphatic rings. The van der Waals surface area contributed by atoms with Gasteiger partial charge in [-0.05, 0) is 19.4 Å². The summed E-state index contributed by atoms with van der Waals surface area (Å²) in [6, 6.07) is 1.30. The molecule has 0 aliphatic carbocycles. The van der Waals surface area contributed by atoms with E-state index in [1.54, 1.807) is 6.20 Å². The fourth-order valence-electron chi connectivity index (χ4n) is 1.25. The number of rotatable bonds is 4. The molecule has 0 aliphatic heterocycles. The van der Waals surface area contributed by atoms with E-state index in [9.17, 15) is 4.79 Å². The van der Waals surface area contributed by atoms with Gasteiger partial charge in [0.05, 0.1) is 5.69 Å². The molecule has 1 unspecified atom stereocenters. The highest BCUT2D eigenvalue weighted by Crippen LogP contribution is 2.13. The molecule has 1 heterocycles. The van der Waals surface area contributed by atoms with Gasteiger partial charge in [0.15, 0.2) is 0 Å². The van der Waals surface area contributed by atoms with Crippen LogP contribution in [-0.4, -0.2) is 20.9 Å². The van der Waals surface area contributed by atoms with Crippen molar-refractivity contribution in [2.24, 2.45) is 0 Å². The Morgan fingerprint density at radius 1 is 1.77 bits per heavy atom. The van der Waals surface area contributed by atoms with Crippen molar-refractivity contribution in [2.45, 2.75) is 32.7 Å². The minimum absolute atomic E-state index is 0.515. The van der Waals surface area contributed by atoms with Crippen LogP contribution in [0.15, 0.2) is 12.3 Å². The Labute approximate surface area is 77.2 Å². The zero-order valence-corrected chi connectivity index (χ0v) is 7.90. The van der Waals surface area contributed by atoms with Crippen molar-refractivity contribution in [1.82, 2.24) is 9.78 Å². The third kappa shape index (κ3) is 2.31. The Morgan fingerprint density at radius 3 is 2.85 bits per heavy atom. The van der Waals surface area contributed by atoms with Crippen molar-refractivity contribution in [2.75, 3.05) is 0 Å². The molecule has 1 aromatic heterocycles. The molecule has 0 fully saturated rings. The maximum Gasteiger partial charge on any atom is 0.328 e. The first-order valence-electron chi connectivity index (χ1n) is 4.39. The largest absolute Gasteiger partial charge is 0.480 e. The SMILES string of the molecule is CCCC(C(=O)O)n1ccc(C)n1. The summed E-state index contributed by atoms with van der Waals surface area (Å²) in [6.07, 6.45) is 3.18. The van der Waals surface area contributed by atoms with Crippen LogP contribution in [0.3, 0.4) is 0 Å². The molecule has 0 bridgehead atoms. The first-order chi connectivity index (χ1) is 6.15. The van der Waals surface area contributed by atoms with Crippen LogP contribution in [0.5, 0.6) is 0 Å². The molecular formula is C9H14N2O2. The molecule has 72 valence electrons. The second-order valence-corrected chi connectivity index (χ2v) is 3.08. The summed E-state index contributed by atoms with van der Waals surface area (Å²) in [6.45, 7) is 3.81. The average molecular weight is 182 g/mol. The lowest BCUT2D eigenvalue weighted by Gasteiger charge is -2.10.